The molecule has 18 heavy (non-hydrogen) atoms. The van der Waals surface area contributed by atoms with Gasteiger partial charge in [0.05, 0.1) is 0 Å². The first-order valence-corrected chi connectivity index (χ1v) is 7.90. The number of hydrogen-bond donors (Lipinski definition) is 2. The fraction of sp³-hybridized carbons (Fsp3) is 0.643. The Morgan fingerprint density at radius 1 is 1.61 bits per heavy atom. The van der Waals surface area contributed by atoms with E-state index < -0.39 is 0 Å². The molecule has 100 valence electrons. The zero-order valence-electron chi connectivity index (χ0n) is 11.1. The smallest absolute Gasteiger partial charge is 0.126 e. The lowest BCUT2D eigenvalue weighted by atomic mass is 10.0. The standard InChI is InChI=1S/C14H23N3S/c1-2-7-16-12(13-6-4-9-18-13)10-11-5-3-8-17-14(11)15/h3,5,8,12-13,16H,2,4,6-7,9-10H2,1H3,(H2,15,17). The maximum atomic E-state index is 5.95. The molecule has 0 bridgehead atoms. The van der Waals surface area contributed by atoms with Gasteiger partial charge in [-0.25, -0.2) is 4.98 Å². The number of nitrogens with two attached hydrogens (primary N) is 1. The third-order valence-corrected chi connectivity index (χ3v) is 4.95. The van der Waals surface area contributed by atoms with Crippen LogP contribution in [0.3, 0.4) is 0 Å². The molecule has 2 atom stereocenters. The lowest BCUT2D eigenvalue weighted by molar-refractivity contribution is 0.482. The summed E-state index contributed by atoms with van der Waals surface area (Å²) in [7, 11) is 0. The number of nitrogens with zero attached hydrogens (tertiary/aromatic N) is 1. The summed E-state index contributed by atoms with van der Waals surface area (Å²) in [6.07, 6.45) is 6.61. The summed E-state index contributed by atoms with van der Waals surface area (Å²) in [4.78, 5) is 4.18. The summed E-state index contributed by atoms with van der Waals surface area (Å²) in [5, 5.41) is 4.42. The fourth-order valence-corrected chi connectivity index (χ4v) is 3.84. The van der Waals surface area contributed by atoms with Crippen LogP contribution in [0, 0.1) is 0 Å². The minimum Gasteiger partial charge on any atom is -0.383 e. The minimum atomic E-state index is 0.531. The van der Waals surface area contributed by atoms with Gasteiger partial charge in [0.1, 0.15) is 5.82 Å². The van der Waals surface area contributed by atoms with Crippen LogP contribution >= 0.6 is 11.8 Å². The Bertz CT molecular complexity index is 364. The van der Waals surface area contributed by atoms with E-state index in [1.807, 2.05) is 6.07 Å². The van der Waals surface area contributed by atoms with E-state index in [9.17, 15) is 0 Å². The normalized spacial score (nSPS) is 21.1. The average molecular weight is 265 g/mol. The van der Waals surface area contributed by atoms with Crippen molar-refractivity contribution < 1.29 is 0 Å². The molecular weight excluding hydrogens is 242 g/mol. The molecule has 0 aliphatic carbocycles. The molecule has 2 heterocycles. The molecule has 1 aliphatic rings. The third-order valence-electron chi connectivity index (χ3n) is 3.44. The summed E-state index contributed by atoms with van der Waals surface area (Å²) in [6.45, 7) is 3.30. The van der Waals surface area contributed by atoms with Gasteiger partial charge in [-0.1, -0.05) is 13.0 Å². The average Bonchev–Trinajstić information content (AvgIpc) is 2.90. The Morgan fingerprint density at radius 3 is 3.17 bits per heavy atom. The van der Waals surface area contributed by atoms with Crippen LogP contribution < -0.4 is 11.1 Å². The molecule has 1 aromatic rings. The quantitative estimate of drug-likeness (QED) is 0.829. The summed E-state index contributed by atoms with van der Waals surface area (Å²) in [5.74, 6) is 1.99. The largest absolute Gasteiger partial charge is 0.383 e. The van der Waals surface area contributed by atoms with Crippen molar-refractivity contribution in [2.45, 2.75) is 43.9 Å². The van der Waals surface area contributed by atoms with Gasteiger partial charge in [0, 0.05) is 17.5 Å². The topological polar surface area (TPSA) is 50.9 Å². The van der Waals surface area contributed by atoms with Crippen molar-refractivity contribution in [3.05, 3.63) is 23.9 Å². The van der Waals surface area contributed by atoms with Gasteiger partial charge in [-0.05, 0) is 49.6 Å². The Kier molecular flexibility index (Phi) is 5.32. The van der Waals surface area contributed by atoms with E-state index in [2.05, 4.69) is 35.1 Å². The van der Waals surface area contributed by atoms with Crippen molar-refractivity contribution in [2.75, 3.05) is 18.0 Å². The fourth-order valence-electron chi connectivity index (χ4n) is 2.45. The van der Waals surface area contributed by atoms with Crippen LogP contribution in [0.15, 0.2) is 18.3 Å². The highest BCUT2D eigenvalue weighted by Crippen LogP contribution is 2.30. The van der Waals surface area contributed by atoms with Gasteiger partial charge < -0.3 is 11.1 Å². The van der Waals surface area contributed by atoms with E-state index in [0.29, 0.717) is 11.9 Å². The Hall–Kier alpha value is -0.740. The molecule has 1 aliphatic heterocycles. The third kappa shape index (κ3) is 3.62. The van der Waals surface area contributed by atoms with Crippen molar-refractivity contribution in [1.29, 1.82) is 0 Å². The molecule has 1 aromatic heterocycles. The number of thioether (sulfide) groups is 1. The second kappa shape index (κ2) is 7.00. The van der Waals surface area contributed by atoms with E-state index in [0.717, 1.165) is 18.2 Å². The van der Waals surface area contributed by atoms with Gasteiger partial charge in [0.15, 0.2) is 0 Å². The number of nitrogens with one attached hydrogen (secondary N) is 1. The van der Waals surface area contributed by atoms with Gasteiger partial charge in [0.2, 0.25) is 0 Å². The predicted octanol–water partition coefficient (Wildman–Crippen LogP) is 2.47. The van der Waals surface area contributed by atoms with E-state index in [1.165, 1.54) is 30.6 Å². The first-order chi connectivity index (χ1) is 8.81. The van der Waals surface area contributed by atoms with Crippen molar-refractivity contribution in [3.63, 3.8) is 0 Å². The van der Waals surface area contributed by atoms with Crippen LogP contribution in [0.4, 0.5) is 5.82 Å². The van der Waals surface area contributed by atoms with Crippen molar-refractivity contribution in [2.24, 2.45) is 0 Å². The van der Waals surface area contributed by atoms with Crippen LogP contribution in [0.25, 0.3) is 0 Å². The van der Waals surface area contributed by atoms with Crippen LogP contribution in [0.1, 0.15) is 31.7 Å². The van der Waals surface area contributed by atoms with E-state index >= 15 is 0 Å². The highest BCUT2D eigenvalue weighted by Gasteiger charge is 2.25. The number of hydrogen-bond acceptors (Lipinski definition) is 4. The van der Waals surface area contributed by atoms with Crippen molar-refractivity contribution in [1.82, 2.24) is 10.3 Å². The zero-order valence-corrected chi connectivity index (χ0v) is 11.9. The molecule has 0 saturated carbocycles. The van der Waals surface area contributed by atoms with Gasteiger partial charge >= 0.3 is 0 Å². The Morgan fingerprint density at radius 2 is 2.50 bits per heavy atom. The molecule has 2 unspecified atom stereocenters. The van der Waals surface area contributed by atoms with E-state index in [-0.39, 0.29) is 0 Å². The first kappa shape index (κ1) is 13.7. The highest BCUT2D eigenvalue weighted by molar-refractivity contribution is 8.00. The van der Waals surface area contributed by atoms with Gasteiger partial charge in [0.25, 0.3) is 0 Å². The van der Waals surface area contributed by atoms with Gasteiger partial charge in [-0.15, -0.1) is 0 Å². The molecule has 0 aromatic carbocycles. The lowest BCUT2D eigenvalue weighted by Gasteiger charge is -2.24. The molecule has 1 saturated heterocycles. The number of nitrogen functional groups attached to an aromatic ring is 1. The SMILES string of the molecule is CCCNC(Cc1cccnc1N)C1CCCS1. The summed E-state index contributed by atoms with van der Waals surface area (Å²) in [6, 6.07) is 4.61. The molecule has 2 rings (SSSR count). The molecule has 0 amide bonds. The molecule has 1 fully saturated rings. The number of aromatic nitrogens is 1. The Balaban J connectivity index is 2.02. The Labute approximate surface area is 114 Å². The highest BCUT2D eigenvalue weighted by atomic mass is 32.2. The van der Waals surface area contributed by atoms with E-state index in [4.69, 9.17) is 5.73 Å². The molecule has 3 N–H and O–H groups in total. The van der Waals surface area contributed by atoms with Crippen LogP contribution in [-0.4, -0.2) is 28.6 Å². The summed E-state index contributed by atoms with van der Waals surface area (Å²) in [5.41, 5.74) is 7.13. The molecule has 0 spiro atoms. The number of anilines is 1. The number of rotatable bonds is 6. The first-order valence-electron chi connectivity index (χ1n) is 6.85. The lowest BCUT2D eigenvalue weighted by Crippen LogP contribution is -2.39. The van der Waals surface area contributed by atoms with Crippen molar-refractivity contribution in [3.8, 4) is 0 Å². The molecule has 3 nitrogen and oxygen atoms in total. The predicted molar refractivity (Wildman–Crippen MR) is 79.9 cm³/mol. The second-order valence-electron chi connectivity index (χ2n) is 4.86. The molecular formula is C14H23N3S. The molecule has 0 radical (unpaired) electrons. The van der Waals surface area contributed by atoms with Crippen LogP contribution in [0.2, 0.25) is 0 Å². The maximum absolute atomic E-state index is 5.95. The minimum absolute atomic E-state index is 0.531. The monoisotopic (exact) mass is 265 g/mol. The summed E-state index contributed by atoms with van der Waals surface area (Å²) >= 11 is 2.10. The van der Waals surface area contributed by atoms with Crippen LogP contribution in [0.5, 0.6) is 0 Å². The zero-order chi connectivity index (χ0) is 12.8. The van der Waals surface area contributed by atoms with Gasteiger partial charge in [-0.3, -0.25) is 0 Å². The molecule has 4 heteroatoms. The number of pyridine rings is 1. The van der Waals surface area contributed by atoms with Gasteiger partial charge in [-0.2, -0.15) is 11.8 Å². The van der Waals surface area contributed by atoms with Crippen LogP contribution in [-0.2, 0) is 6.42 Å². The van der Waals surface area contributed by atoms with E-state index in [1.54, 1.807) is 6.20 Å². The summed E-state index contributed by atoms with van der Waals surface area (Å²) < 4.78 is 0. The maximum Gasteiger partial charge on any atom is 0.126 e. The van der Waals surface area contributed by atoms with Crippen molar-refractivity contribution >= 4 is 17.6 Å². The second-order valence-corrected chi connectivity index (χ2v) is 6.21.